The fourth-order valence-corrected chi connectivity index (χ4v) is 4.67. The molecule has 1 N–H and O–H groups in total. The molecule has 2 aromatic heterocycles. The first-order valence-corrected chi connectivity index (χ1v) is 10.9. The standard InChI is InChI=1S/C24H32N4O/c1-6-19-20-23(29)26-21(16-9-7-15(2)8-10-16)27-28(20)22(25-19)17-11-13-18(14-12-17)24(3,4)5/h7-10,17-18H,6,11-14H2,1-5H3,(H,26,27,29)/t17-,18+. The van der Waals surface area contributed by atoms with Crippen molar-refractivity contribution in [1.82, 2.24) is 19.6 Å². The van der Waals surface area contributed by atoms with E-state index in [1.54, 1.807) is 0 Å². The third kappa shape index (κ3) is 3.75. The number of rotatable bonds is 3. The molecule has 5 heteroatoms. The van der Waals surface area contributed by atoms with E-state index < -0.39 is 0 Å². The highest BCUT2D eigenvalue weighted by atomic mass is 16.1. The van der Waals surface area contributed by atoms with Crippen LogP contribution in [0.3, 0.4) is 0 Å². The highest BCUT2D eigenvalue weighted by Gasteiger charge is 2.32. The lowest BCUT2D eigenvalue weighted by atomic mass is 9.70. The van der Waals surface area contributed by atoms with Crippen LogP contribution >= 0.6 is 0 Å². The minimum Gasteiger partial charge on any atom is -0.303 e. The zero-order valence-corrected chi connectivity index (χ0v) is 18.2. The Morgan fingerprint density at radius 2 is 1.76 bits per heavy atom. The summed E-state index contributed by atoms with van der Waals surface area (Å²) in [5.74, 6) is 2.67. The number of aryl methyl sites for hydroxylation is 2. The van der Waals surface area contributed by atoms with Gasteiger partial charge in [0.05, 0.1) is 5.69 Å². The molecule has 0 amide bonds. The van der Waals surface area contributed by atoms with E-state index in [1.165, 1.54) is 18.4 Å². The highest BCUT2D eigenvalue weighted by molar-refractivity contribution is 5.58. The number of hydrogen-bond acceptors (Lipinski definition) is 3. The van der Waals surface area contributed by atoms with Crippen molar-refractivity contribution < 1.29 is 0 Å². The number of hydrogen-bond donors (Lipinski definition) is 1. The van der Waals surface area contributed by atoms with Crippen LogP contribution in [0.25, 0.3) is 16.9 Å². The largest absolute Gasteiger partial charge is 0.303 e. The molecule has 1 aliphatic rings. The minimum atomic E-state index is -0.102. The van der Waals surface area contributed by atoms with Gasteiger partial charge in [0.15, 0.2) is 11.3 Å². The van der Waals surface area contributed by atoms with Gasteiger partial charge in [0.1, 0.15) is 5.82 Å². The Balaban J connectivity index is 1.76. The van der Waals surface area contributed by atoms with E-state index in [0.717, 1.165) is 42.3 Å². The molecule has 4 rings (SSSR count). The second-order valence-corrected chi connectivity index (χ2v) is 9.61. The molecule has 0 atom stereocenters. The van der Waals surface area contributed by atoms with Crippen LogP contribution in [0.2, 0.25) is 0 Å². The lowest BCUT2D eigenvalue weighted by Crippen LogP contribution is -2.26. The van der Waals surface area contributed by atoms with E-state index in [0.29, 0.717) is 22.7 Å². The summed E-state index contributed by atoms with van der Waals surface area (Å²) in [5, 5.41) is 4.85. The molecule has 154 valence electrons. The zero-order chi connectivity index (χ0) is 20.8. The normalized spacial score (nSPS) is 20.3. The molecule has 1 fully saturated rings. The van der Waals surface area contributed by atoms with Gasteiger partial charge < -0.3 is 4.98 Å². The predicted octanol–water partition coefficient (Wildman–Crippen LogP) is 5.28. The minimum absolute atomic E-state index is 0.102. The smallest absolute Gasteiger partial charge is 0.277 e. The average molecular weight is 393 g/mol. The summed E-state index contributed by atoms with van der Waals surface area (Å²) in [5.41, 5.74) is 3.81. The molecular formula is C24H32N4O. The van der Waals surface area contributed by atoms with Gasteiger partial charge in [-0.2, -0.15) is 0 Å². The highest BCUT2D eigenvalue weighted by Crippen LogP contribution is 2.43. The third-order valence-electron chi connectivity index (χ3n) is 6.58. The van der Waals surface area contributed by atoms with E-state index in [4.69, 9.17) is 10.1 Å². The molecule has 0 saturated heterocycles. The van der Waals surface area contributed by atoms with Crippen LogP contribution in [0.1, 0.15) is 76.4 Å². The van der Waals surface area contributed by atoms with Gasteiger partial charge in [-0.05, 0) is 50.4 Å². The summed E-state index contributed by atoms with van der Waals surface area (Å²) in [7, 11) is 0. The van der Waals surface area contributed by atoms with Crippen molar-refractivity contribution in [3.05, 3.63) is 51.7 Å². The molecule has 0 spiro atoms. The lowest BCUT2D eigenvalue weighted by Gasteiger charge is -2.36. The first-order valence-electron chi connectivity index (χ1n) is 10.9. The predicted molar refractivity (Wildman–Crippen MR) is 117 cm³/mol. The number of benzene rings is 1. The average Bonchev–Trinajstić information content (AvgIpc) is 3.07. The molecule has 0 bridgehead atoms. The summed E-state index contributed by atoms with van der Waals surface area (Å²) in [6, 6.07) is 8.09. The maximum Gasteiger partial charge on any atom is 0.277 e. The molecule has 0 aliphatic heterocycles. The van der Waals surface area contributed by atoms with E-state index in [2.05, 4.69) is 39.6 Å². The number of fused-ring (bicyclic) bond motifs is 1. The molecule has 1 aromatic carbocycles. The molecular weight excluding hydrogens is 360 g/mol. The summed E-state index contributed by atoms with van der Waals surface area (Å²) < 4.78 is 1.84. The van der Waals surface area contributed by atoms with Crippen molar-refractivity contribution in [2.45, 2.75) is 72.6 Å². The number of nitrogens with zero attached hydrogens (tertiary/aromatic N) is 3. The molecule has 0 radical (unpaired) electrons. The summed E-state index contributed by atoms with van der Waals surface area (Å²) in [6.45, 7) is 11.1. The van der Waals surface area contributed by atoms with Gasteiger partial charge >= 0.3 is 0 Å². The Labute approximate surface area is 172 Å². The zero-order valence-electron chi connectivity index (χ0n) is 18.2. The molecule has 1 saturated carbocycles. The fraction of sp³-hybridized carbons (Fsp3) is 0.542. The maximum atomic E-state index is 12.9. The van der Waals surface area contributed by atoms with Crippen LogP contribution in [0, 0.1) is 18.3 Å². The SMILES string of the molecule is CCc1nc([C@H]2CC[C@@H](C(C)(C)C)CC2)n2nc(-c3ccc(C)cc3)[nH]c(=O)c12. The Bertz CT molecular complexity index is 1060. The number of aromatic amines is 1. The van der Waals surface area contributed by atoms with Crippen LogP contribution in [0.5, 0.6) is 0 Å². The molecule has 0 unspecified atom stereocenters. The Hall–Kier alpha value is -2.43. The molecule has 2 heterocycles. The summed E-state index contributed by atoms with van der Waals surface area (Å²) >= 11 is 0. The van der Waals surface area contributed by atoms with Crippen LogP contribution in [0.15, 0.2) is 29.1 Å². The second-order valence-electron chi connectivity index (χ2n) is 9.61. The van der Waals surface area contributed by atoms with Crippen LogP contribution in [-0.4, -0.2) is 19.6 Å². The van der Waals surface area contributed by atoms with E-state index in [9.17, 15) is 4.79 Å². The fourth-order valence-electron chi connectivity index (χ4n) is 4.67. The van der Waals surface area contributed by atoms with E-state index >= 15 is 0 Å². The summed E-state index contributed by atoms with van der Waals surface area (Å²) in [6.07, 6.45) is 5.36. The van der Waals surface area contributed by atoms with Crippen molar-refractivity contribution in [1.29, 1.82) is 0 Å². The molecule has 3 aromatic rings. The second kappa shape index (κ2) is 7.43. The molecule has 29 heavy (non-hydrogen) atoms. The Morgan fingerprint density at radius 3 is 2.34 bits per heavy atom. The Morgan fingerprint density at radius 1 is 1.10 bits per heavy atom. The van der Waals surface area contributed by atoms with Gasteiger partial charge in [-0.3, -0.25) is 4.79 Å². The van der Waals surface area contributed by atoms with E-state index in [-0.39, 0.29) is 5.56 Å². The van der Waals surface area contributed by atoms with Gasteiger partial charge in [0.2, 0.25) is 0 Å². The van der Waals surface area contributed by atoms with E-state index in [1.807, 2.05) is 28.8 Å². The Kier molecular flexibility index (Phi) is 5.09. The van der Waals surface area contributed by atoms with Crippen molar-refractivity contribution in [3.63, 3.8) is 0 Å². The van der Waals surface area contributed by atoms with Crippen molar-refractivity contribution in [2.75, 3.05) is 0 Å². The molecule has 1 aliphatic carbocycles. The first kappa shape index (κ1) is 19.9. The quantitative estimate of drug-likeness (QED) is 0.660. The first-order chi connectivity index (χ1) is 13.8. The topological polar surface area (TPSA) is 63.1 Å². The van der Waals surface area contributed by atoms with Gasteiger partial charge in [-0.1, -0.05) is 57.5 Å². The maximum absolute atomic E-state index is 12.9. The number of H-pyrrole nitrogens is 1. The summed E-state index contributed by atoms with van der Waals surface area (Å²) in [4.78, 5) is 20.8. The number of nitrogens with one attached hydrogen (secondary N) is 1. The van der Waals surface area contributed by atoms with Crippen LogP contribution in [0.4, 0.5) is 0 Å². The number of aromatic nitrogens is 4. The van der Waals surface area contributed by atoms with Crippen LogP contribution < -0.4 is 5.56 Å². The lowest BCUT2D eigenvalue weighted by molar-refractivity contribution is 0.167. The van der Waals surface area contributed by atoms with Crippen molar-refractivity contribution >= 4 is 5.52 Å². The number of imidazole rings is 1. The van der Waals surface area contributed by atoms with Crippen molar-refractivity contribution in [2.24, 2.45) is 11.3 Å². The van der Waals surface area contributed by atoms with Crippen LogP contribution in [-0.2, 0) is 6.42 Å². The van der Waals surface area contributed by atoms with Gasteiger partial charge in [0, 0.05) is 11.5 Å². The van der Waals surface area contributed by atoms with Gasteiger partial charge in [-0.15, -0.1) is 5.10 Å². The molecule has 5 nitrogen and oxygen atoms in total. The van der Waals surface area contributed by atoms with Crippen molar-refractivity contribution in [3.8, 4) is 11.4 Å². The van der Waals surface area contributed by atoms with Gasteiger partial charge in [0.25, 0.3) is 5.56 Å². The monoisotopic (exact) mass is 392 g/mol. The third-order valence-corrected chi connectivity index (χ3v) is 6.58. The van der Waals surface area contributed by atoms with Gasteiger partial charge in [-0.25, -0.2) is 9.50 Å².